The van der Waals surface area contributed by atoms with Gasteiger partial charge in [-0.1, -0.05) is 0 Å². The van der Waals surface area contributed by atoms with Crippen LogP contribution in [-0.2, 0) is 0 Å². The lowest BCUT2D eigenvalue weighted by Gasteiger charge is -1.97. The number of pyridine rings is 1. The Kier molecular flexibility index (Phi) is 2.24. The van der Waals surface area contributed by atoms with E-state index in [1.165, 1.54) is 6.07 Å². The molecule has 4 heteroatoms. The Morgan fingerprint density at radius 2 is 1.69 bits per heavy atom. The van der Waals surface area contributed by atoms with Gasteiger partial charge in [0.2, 0.25) is 0 Å². The zero-order valence-electron chi connectivity index (χ0n) is 6.87. The molecule has 1 heterocycles. The Morgan fingerprint density at radius 1 is 1.08 bits per heavy atom. The van der Waals surface area contributed by atoms with E-state index in [9.17, 15) is 0 Å². The Hall–Kier alpha value is -2.38. The summed E-state index contributed by atoms with van der Waals surface area (Å²) in [5.74, 6) is 0. The van der Waals surface area contributed by atoms with Crippen molar-refractivity contribution in [2.75, 3.05) is 0 Å². The van der Waals surface area contributed by atoms with Crippen LogP contribution in [0.1, 0.15) is 22.5 Å². The van der Waals surface area contributed by atoms with E-state index in [1.807, 2.05) is 12.1 Å². The summed E-state index contributed by atoms with van der Waals surface area (Å²) in [6, 6.07) is 6.88. The van der Waals surface area contributed by atoms with Crippen LogP contribution in [-0.4, -0.2) is 4.98 Å². The number of aryl methyl sites for hydroxylation is 1. The average molecular weight is 168 g/mol. The molecule has 0 aromatic carbocycles. The number of rotatable bonds is 0. The normalized spacial score (nSPS) is 8.15. The first-order valence-electron chi connectivity index (χ1n) is 3.45. The maximum atomic E-state index is 8.62. The average Bonchev–Trinajstić information content (AvgIpc) is 2.17. The number of hydrogen-bond acceptors (Lipinski definition) is 4. The van der Waals surface area contributed by atoms with Gasteiger partial charge in [0.1, 0.15) is 18.2 Å². The van der Waals surface area contributed by atoms with Crippen molar-refractivity contribution in [2.45, 2.75) is 6.92 Å². The van der Waals surface area contributed by atoms with Crippen molar-refractivity contribution in [3.8, 4) is 18.2 Å². The molecule has 0 unspecified atom stereocenters. The largest absolute Gasteiger partial charge is 0.240 e. The second kappa shape index (κ2) is 3.34. The Balaban J connectivity index is 3.51. The summed E-state index contributed by atoms with van der Waals surface area (Å²) in [6.07, 6.45) is 0. The summed E-state index contributed by atoms with van der Waals surface area (Å²) < 4.78 is 0. The predicted octanol–water partition coefficient (Wildman–Crippen LogP) is 1.01. The van der Waals surface area contributed by atoms with Crippen molar-refractivity contribution in [2.24, 2.45) is 0 Å². The van der Waals surface area contributed by atoms with Crippen LogP contribution >= 0.6 is 0 Å². The molecule has 0 radical (unpaired) electrons. The molecule has 0 aliphatic carbocycles. The van der Waals surface area contributed by atoms with Crippen molar-refractivity contribution in [1.82, 2.24) is 4.98 Å². The third-order valence-electron chi connectivity index (χ3n) is 1.56. The van der Waals surface area contributed by atoms with Gasteiger partial charge in [0.15, 0.2) is 5.69 Å². The van der Waals surface area contributed by atoms with Gasteiger partial charge in [-0.25, -0.2) is 4.98 Å². The predicted molar refractivity (Wildman–Crippen MR) is 43.1 cm³/mol. The zero-order chi connectivity index (χ0) is 9.84. The number of hydrogen-bond donors (Lipinski definition) is 0. The van der Waals surface area contributed by atoms with Crippen LogP contribution in [0.2, 0.25) is 0 Å². The first-order valence-corrected chi connectivity index (χ1v) is 3.45. The summed E-state index contributed by atoms with van der Waals surface area (Å²) in [7, 11) is 0. The van der Waals surface area contributed by atoms with E-state index in [0.717, 1.165) is 0 Å². The maximum Gasteiger partial charge on any atom is 0.158 e. The highest BCUT2D eigenvalue weighted by Gasteiger charge is 2.07. The molecule has 1 aromatic rings. The molecule has 0 N–H and O–H groups in total. The van der Waals surface area contributed by atoms with Gasteiger partial charge in [-0.3, -0.25) is 0 Å². The molecule has 0 atom stereocenters. The molecule has 0 saturated carbocycles. The quantitative estimate of drug-likeness (QED) is 0.578. The zero-order valence-corrected chi connectivity index (χ0v) is 6.87. The molecule has 1 rings (SSSR count). The fourth-order valence-corrected chi connectivity index (χ4v) is 0.889. The summed E-state index contributed by atoms with van der Waals surface area (Å²) in [5, 5.41) is 25.8. The second-order valence-electron chi connectivity index (χ2n) is 2.35. The molecular weight excluding hydrogens is 164 g/mol. The number of nitriles is 3. The van der Waals surface area contributed by atoms with E-state index in [4.69, 9.17) is 15.8 Å². The Labute approximate surface area is 75.3 Å². The lowest BCUT2D eigenvalue weighted by Crippen LogP contribution is -1.95. The fourth-order valence-electron chi connectivity index (χ4n) is 0.889. The molecule has 60 valence electrons. The van der Waals surface area contributed by atoms with Crippen LogP contribution < -0.4 is 0 Å². The molecule has 4 nitrogen and oxygen atoms in total. The Morgan fingerprint density at radius 3 is 2.15 bits per heavy atom. The third kappa shape index (κ3) is 1.45. The van der Waals surface area contributed by atoms with E-state index in [1.54, 1.807) is 13.0 Å². The van der Waals surface area contributed by atoms with E-state index >= 15 is 0 Å². The van der Waals surface area contributed by atoms with Gasteiger partial charge in [0.25, 0.3) is 0 Å². The van der Waals surface area contributed by atoms with Gasteiger partial charge < -0.3 is 0 Å². The first kappa shape index (κ1) is 8.71. The molecular formula is C9H4N4. The highest BCUT2D eigenvalue weighted by Crippen LogP contribution is 2.10. The van der Waals surface area contributed by atoms with Gasteiger partial charge >= 0.3 is 0 Å². The Bertz CT molecular complexity index is 468. The molecule has 0 bridgehead atoms. The lowest BCUT2D eigenvalue weighted by molar-refractivity contribution is 1.14. The van der Waals surface area contributed by atoms with Crippen molar-refractivity contribution in [1.29, 1.82) is 15.8 Å². The molecule has 0 spiro atoms. The van der Waals surface area contributed by atoms with E-state index in [0.29, 0.717) is 11.3 Å². The summed E-state index contributed by atoms with van der Waals surface area (Å²) in [6.45, 7) is 1.63. The maximum absolute atomic E-state index is 8.62. The standard InChI is InChI=1S/C9H4N4/c1-6-7(3-10)2-8(4-11)9(5-12)13-6/h2H,1H3. The smallest absolute Gasteiger partial charge is 0.158 e. The van der Waals surface area contributed by atoms with Crippen LogP contribution in [0.5, 0.6) is 0 Å². The highest BCUT2D eigenvalue weighted by atomic mass is 14.7. The van der Waals surface area contributed by atoms with E-state index < -0.39 is 0 Å². The molecule has 1 aromatic heterocycles. The fraction of sp³-hybridized carbons (Fsp3) is 0.111. The molecule has 0 aliphatic rings. The topological polar surface area (TPSA) is 84.3 Å². The molecule has 0 aliphatic heterocycles. The minimum Gasteiger partial charge on any atom is -0.240 e. The number of nitrogens with zero attached hydrogens (tertiary/aromatic N) is 4. The van der Waals surface area contributed by atoms with Gasteiger partial charge in [-0.15, -0.1) is 0 Å². The van der Waals surface area contributed by atoms with Crippen LogP contribution in [0.4, 0.5) is 0 Å². The highest BCUT2D eigenvalue weighted by molar-refractivity contribution is 5.47. The van der Waals surface area contributed by atoms with Crippen LogP contribution in [0.3, 0.4) is 0 Å². The first-order chi connectivity index (χ1) is 6.22. The van der Waals surface area contributed by atoms with Crippen molar-refractivity contribution in [3.63, 3.8) is 0 Å². The van der Waals surface area contributed by atoms with Crippen LogP contribution in [0.25, 0.3) is 0 Å². The van der Waals surface area contributed by atoms with E-state index in [-0.39, 0.29) is 11.3 Å². The van der Waals surface area contributed by atoms with Crippen molar-refractivity contribution in [3.05, 3.63) is 28.6 Å². The summed E-state index contributed by atoms with van der Waals surface area (Å²) >= 11 is 0. The van der Waals surface area contributed by atoms with Gasteiger partial charge in [0, 0.05) is 0 Å². The molecule has 13 heavy (non-hydrogen) atoms. The lowest BCUT2D eigenvalue weighted by atomic mass is 10.1. The van der Waals surface area contributed by atoms with Crippen molar-refractivity contribution < 1.29 is 0 Å². The minimum atomic E-state index is 0.0685. The summed E-state index contributed by atoms with van der Waals surface area (Å²) in [5.41, 5.74) is 1.01. The SMILES string of the molecule is Cc1nc(C#N)c(C#N)cc1C#N. The summed E-state index contributed by atoms with van der Waals surface area (Å²) in [4.78, 5) is 3.83. The number of aromatic nitrogens is 1. The monoisotopic (exact) mass is 168 g/mol. The second-order valence-corrected chi connectivity index (χ2v) is 2.35. The van der Waals surface area contributed by atoms with Gasteiger partial charge in [-0.2, -0.15) is 15.8 Å². The molecule has 0 amide bonds. The van der Waals surface area contributed by atoms with Gasteiger partial charge in [0.05, 0.1) is 16.8 Å². The van der Waals surface area contributed by atoms with Gasteiger partial charge in [-0.05, 0) is 13.0 Å². The van der Waals surface area contributed by atoms with Crippen LogP contribution in [0.15, 0.2) is 6.07 Å². The van der Waals surface area contributed by atoms with E-state index in [2.05, 4.69) is 4.98 Å². The van der Waals surface area contributed by atoms with Crippen LogP contribution in [0, 0.1) is 40.9 Å². The molecule has 0 fully saturated rings. The third-order valence-corrected chi connectivity index (χ3v) is 1.56. The minimum absolute atomic E-state index is 0.0685. The molecule has 0 saturated heterocycles. The van der Waals surface area contributed by atoms with Crippen molar-refractivity contribution >= 4 is 0 Å².